The molecule has 1 aromatic heterocycles. The second-order valence-electron chi connectivity index (χ2n) is 8.55. The number of ether oxygens (including phenoxy) is 1. The van der Waals surface area contributed by atoms with Gasteiger partial charge in [-0.3, -0.25) is 4.79 Å². The zero-order valence-corrected chi connectivity index (χ0v) is 18.7. The Kier molecular flexibility index (Phi) is 8.90. The molecule has 0 saturated carbocycles. The van der Waals surface area contributed by atoms with E-state index < -0.39 is 0 Å². The number of likely N-dealkylation sites (tertiary alicyclic amines) is 1. The molecule has 3 rings (SSSR count). The van der Waals surface area contributed by atoms with E-state index in [1.165, 1.54) is 50.0 Å². The number of thiazole rings is 1. The summed E-state index contributed by atoms with van der Waals surface area (Å²) >= 11 is 1.53. The van der Waals surface area contributed by atoms with Crippen molar-refractivity contribution in [1.82, 2.24) is 14.8 Å². The quantitative estimate of drug-likeness (QED) is 0.584. The van der Waals surface area contributed by atoms with Crippen molar-refractivity contribution >= 4 is 17.2 Å². The zero-order chi connectivity index (χ0) is 20.5. The maximum absolute atomic E-state index is 12.8. The Morgan fingerprint density at radius 1 is 1.14 bits per heavy atom. The van der Waals surface area contributed by atoms with Crippen LogP contribution in [0, 0.1) is 6.92 Å². The van der Waals surface area contributed by atoms with Gasteiger partial charge in [0.1, 0.15) is 5.69 Å². The van der Waals surface area contributed by atoms with Crippen molar-refractivity contribution in [2.45, 2.75) is 70.3 Å². The summed E-state index contributed by atoms with van der Waals surface area (Å²) in [7, 11) is 0. The fourth-order valence-electron chi connectivity index (χ4n) is 4.46. The second-order valence-corrected chi connectivity index (χ2v) is 9.61. The normalized spacial score (nSPS) is 19.7. The number of aromatic nitrogens is 1. The number of hydrogen-bond donors (Lipinski definition) is 1. The minimum absolute atomic E-state index is 0.0541. The van der Waals surface area contributed by atoms with E-state index in [-0.39, 0.29) is 11.5 Å². The summed E-state index contributed by atoms with van der Waals surface area (Å²) in [5.41, 5.74) is 0.417. The van der Waals surface area contributed by atoms with E-state index in [0.717, 1.165) is 43.8 Å². The van der Waals surface area contributed by atoms with E-state index in [1.807, 2.05) is 17.2 Å². The van der Waals surface area contributed by atoms with E-state index in [1.54, 1.807) is 0 Å². The third kappa shape index (κ3) is 6.74. The number of carbonyl (C=O) groups excluding carboxylic acids is 1. The van der Waals surface area contributed by atoms with E-state index in [2.05, 4.69) is 9.88 Å². The largest absolute Gasteiger partial charge is 0.396 e. The molecule has 0 aromatic carbocycles. The highest BCUT2D eigenvalue weighted by molar-refractivity contribution is 7.09. The van der Waals surface area contributed by atoms with Crippen LogP contribution < -0.4 is 0 Å². The molecule has 0 atom stereocenters. The fourth-order valence-corrected chi connectivity index (χ4v) is 5.05. The number of aliphatic hydroxyl groups is 1. The third-order valence-corrected chi connectivity index (χ3v) is 7.05. The number of unbranched alkanes of at least 4 members (excludes halogenated alkanes) is 6. The molecule has 0 unspecified atom stereocenters. The molecule has 6 nitrogen and oxygen atoms in total. The zero-order valence-electron chi connectivity index (χ0n) is 17.9. The molecular formula is C22H37N3O3S. The molecule has 0 radical (unpaired) electrons. The Morgan fingerprint density at radius 2 is 1.83 bits per heavy atom. The minimum Gasteiger partial charge on any atom is -0.396 e. The summed E-state index contributed by atoms with van der Waals surface area (Å²) in [4.78, 5) is 21.7. The van der Waals surface area contributed by atoms with Crippen LogP contribution in [0.4, 0.5) is 0 Å². The van der Waals surface area contributed by atoms with Crippen LogP contribution in [0.5, 0.6) is 0 Å². The van der Waals surface area contributed by atoms with Crippen molar-refractivity contribution in [2.24, 2.45) is 0 Å². The Labute approximate surface area is 179 Å². The smallest absolute Gasteiger partial charge is 0.273 e. The summed E-state index contributed by atoms with van der Waals surface area (Å²) in [6, 6.07) is 0. The predicted molar refractivity (Wildman–Crippen MR) is 117 cm³/mol. The standard InChI is InChI=1S/C22H37N3O3S/c1-19-23-20(17-29-19)21(27)25-14-16-28-22(18-25)9-12-24(13-10-22)11-7-5-3-2-4-6-8-15-26/h17,26H,2-16,18H2,1H3. The van der Waals surface area contributed by atoms with Gasteiger partial charge in [0.15, 0.2) is 0 Å². The molecule has 2 fully saturated rings. The molecule has 3 heterocycles. The summed E-state index contributed by atoms with van der Waals surface area (Å²) in [6.45, 7) is 7.57. The summed E-state index contributed by atoms with van der Waals surface area (Å²) in [5, 5.41) is 11.6. The summed E-state index contributed by atoms with van der Waals surface area (Å²) in [6.07, 6.45) is 10.5. The van der Waals surface area contributed by atoms with Crippen molar-refractivity contribution in [3.63, 3.8) is 0 Å². The van der Waals surface area contributed by atoms with E-state index >= 15 is 0 Å². The molecule has 7 heteroatoms. The van der Waals surface area contributed by atoms with E-state index in [4.69, 9.17) is 9.84 Å². The maximum atomic E-state index is 12.8. The molecule has 1 amide bonds. The Hall–Kier alpha value is -1.02. The van der Waals surface area contributed by atoms with Crippen molar-refractivity contribution in [2.75, 3.05) is 45.9 Å². The number of aryl methyl sites for hydroxylation is 1. The van der Waals surface area contributed by atoms with Crippen LogP contribution in [-0.2, 0) is 4.74 Å². The molecule has 2 saturated heterocycles. The molecule has 2 aliphatic heterocycles. The lowest BCUT2D eigenvalue weighted by Gasteiger charge is -2.47. The highest BCUT2D eigenvalue weighted by atomic mass is 32.1. The van der Waals surface area contributed by atoms with Gasteiger partial charge in [0.05, 0.1) is 23.8 Å². The molecule has 164 valence electrons. The van der Waals surface area contributed by atoms with Crippen molar-refractivity contribution < 1.29 is 14.6 Å². The van der Waals surface area contributed by atoms with Gasteiger partial charge in [-0.2, -0.15) is 0 Å². The molecule has 1 N–H and O–H groups in total. The topological polar surface area (TPSA) is 65.9 Å². The average Bonchev–Trinajstić information content (AvgIpc) is 3.17. The Balaban J connectivity index is 1.35. The molecule has 1 aromatic rings. The molecular weight excluding hydrogens is 386 g/mol. The van der Waals surface area contributed by atoms with Crippen LogP contribution in [0.25, 0.3) is 0 Å². The van der Waals surface area contributed by atoms with Gasteiger partial charge in [-0.15, -0.1) is 11.3 Å². The number of aliphatic hydroxyl groups excluding tert-OH is 1. The number of piperidine rings is 1. The first-order valence-electron chi connectivity index (χ1n) is 11.3. The first-order chi connectivity index (χ1) is 14.1. The first kappa shape index (κ1) is 22.7. The third-order valence-electron chi connectivity index (χ3n) is 6.27. The van der Waals surface area contributed by atoms with Gasteiger partial charge >= 0.3 is 0 Å². The van der Waals surface area contributed by atoms with Gasteiger partial charge in [0.25, 0.3) is 5.91 Å². The lowest BCUT2D eigenvalue weighted by Crippen LogP contribution is -2.58. The van der Waals surface area contributed by atoms with Gasteiger partial charge in [-0.25, -0.2) is 4.98 Å². The van der Waals surface area contributed by atoms with Gasteiger partial charge < -0.3 is 19.6 Å². The van der Waals surface area contributed by atoms with Crippen LogP contribution in [0.1, 0.15) is 73.3 Å². The maximum Gasteiger partial charge on any atom is 0.273 e. The molecule has 2 aliphatic rings. The van der Waals surface area contributed by atoms with Crippen molar-refractivity contribution in [3.05, 3.63) is 16.1 Å². The van der Waals surface area contributed by atoms with Crippen LogP contribution in [-0.4, -0.2) is 77.3 Å². The predicted octanol–water partition coefficient (Wildman–Crippen LogP) is 3.48. The molecule has 1 spiro atoms. The second kappa shape index (κ2) is 11.4. The lowest BCUT2D eigenvalue weighted by atomic mass is 9.89. The summed E-state index contributed by atoms with van der Waals surface area (Å²) < 4.78 is 6.21. The monoisotopic (exact) mass is 423 g/mol. The van der Waals surface area contributed by atoms with Crippen LogP contribution in [0.2, 0.25) is 0 Å². The van der Waals surface area contributed by atoms with Crippen LogP contribution in [0.3, 0.4) is 0 Å². The number of nitrogens with zero attached hydrogens (tertiary/aromatic N) is 3. The Morgan fingerprint density at radius 3 is 2.48 bits per heavy atom. The fraction of sp³-hybridized carbons (Fsp3) is 0.818. The molecule has 29 heavy (non-hydrogen) atoms. The number of morpholine rings is 1. The van der Waals surface area contributed by atoms with Crippen molar-refractivity contribution in [1.29, 1.82) is 0 Å². The SMILES string of the molecule is Cc1nc(C(=O)N2CCOC3(CCN(CCCCCCCCCO)CC3)C2)cs1. The van der Waals surface area contributed by atoms with Gasteiger partial charge in [0, 0.05) is 31.6 Å². The lowest BCUT2D eigenvalue weighted by molar-refractivity contribution is -0.127. The average molecular weight is 424 g/mol. The van der Waals surface area contributed by atoms with Gasteiger partial charge in [0.2, 0.25) is 0 Å². The summed E-state index contributed by atoms with van der Waals surface area (Å²) in [5.74, 6) is 0.0541. The minimum atomic E-state index is -0.165. The molecule has 0 bridgehead atoms. The number of hydrogen-bond acceptors (Lipinski definition) is 6. The highest BCUT2D eigenvalue weighted by Crippen LogP contribution is 2.31. The highest BCUT2D eigenvalue weighted by Gasteiger charge is 2.41. The number of rotatable bonds is 10. The first-order valence-corrected chi connectivity index (χ1v) is 12.2. The Bertz CT molecular complexity index is 629. The van der Waals surface area contributed by atoms with Gasteiger partial charge in [-0.05, 0) is 39.2 Å². The van der Waals surface area contributed by atoms with E-state index in [0.29, 0.717) is 32.0 Å². The number of carbonyl (C=O) groups is 1. The van der Waals surface area contributed by atoms with Gasteiger partial charge in [-0.1, -0.05) is 32.1 Å². The van der Waals surface area contributed by atoms with Crippen LogP contribution in [0.15, 0.2) is 5.38 Å². The number of amides is 1. The van der Waals surface area contributed by atoms with Crippen molar-refractivity contribution in [3.8, 4) is 0 Å². The van der Waals surface area contributed by atoms with E-state index in [9.17, 15) is 4.79 Å². The molecule has 0 aliphatic carbocycles. The van der Waals surface area contributed by atoms with Crippen LogP contribution >= 0.6 is 11.3 Å².